The van der Waals surface area contributed by atoms with E-state index in [4.69, 9.17) is 0 Å². The van der Waals surface area contributed by atoms with Gasteiger partial charge in [0.15, 0.2) is 5.78 Å². The molecule has 118 valence electrons. The van der Waals surface area contributed by atoms with Crippen LogP contribution in [0.3, 0.4) is 0 Å². The first kappa shape index (κ1) is 16.4. The van der Waals surface area contributed by atoms with E-state index in [1.54, 1.807) is 0 Å². The first-order chi connectivity index (χ1) is 10.8. The standard InChI is InChI=1S/C16H10F3NO3/c17-16(18,19)13-7-4-11(5-8-13)6-9-15(21)12-2-1-3-14(10-12)20(22)23/h1-10H. The molecule has 0 fully saturated rings. The fraction of sp³-hybridized carbons (Fsp3) is 0.0625. The molecular weight excluding hydrogens is 311 g/mol. The molecule has 0 spiro atoms. The number of non-ortho nitro benzene ring substituents is 1. The zero-order chi connectivity index (χ0) is 17.0. The van der Waals surface area contributed by atoms with Crippen molar-refractivity contribution in [2.75, 3.05) is 0 Å². The quantitative estimate of drug-likeness (QED) is 0.360. The Morgan fingerprint density at radius 1 is 1.09 bits per heavy atom. The van der Waals surface area contributed by atoms with Crippen LogP contribution in [0.15, 0.2) is 54.6 Å². The number of halogens is 3. The summed E-state index contributed by atoms with van der Waals surface area (Å²) in [5.74, 6) is -0.478. The highest BCUT2D eigenvalue weighted by atomic mass is 19.4. The summed E-state index contributed by atoms with van der Waals surface area (Å²) >= 11 is 0. The Morgan fingerprint density at radius 2 is 1.74 bits per heavy atom. The summed E-state index contributed by atoms with van der Waals surface area (Å²) in [6, 6.07) is 9.51. The molecule has 0 aliphatic heterocycles. The van der Waals surface area contributed by atoms with Crippen molar-refractivity contribution in [2.24, 2.45) is 0 Å². The van der Waals surface area contributed by atoms with E-state index in [1.807, 2.05) is 0 Å². The first-order valence-electron chi connectivity index (χ1n) is 6.41. The summed E-state index contributed by atoms with van der Waals surface area (Å²) in [4.78, 5) is 22.0. The average molecular weight is 321 g/mol. The lowest BCUT2D eigenvalue weighted by Crippen LogP contribution is -2.04. The lowest BCUT2D eigenvalue weighted by molar-refractivity contribution is -0.384. The van der Waals surface area contributed by atoms with E-state index < -0.39 is 22.4 Å². The molecule has 0 amide bonds. The van der Waals surface area contributed by atoms with E-state index in [1.165, 1.54) is 36.4 Å². The molecule has 0 aliphatic rings. The van der Waals surface area contributed by atoms with Gasteiger partial charge in [-0.25, -0.2) is 0 Å². The summed E-state index contributed by atoms with van der Waals surface area (Å²) in [5.41, 5.74) is -0.447. The topological polar surface area (TPSA) is 60.2 Å². The number of ketones is 1. The molecule has 0 N–H and O–H groups in total. The lowest BCUT2D eigenvalue weighted by atomic mass is 10.1. The first-order valence-corrected chi connectivity index (χ1v) is 6.41. The highest BCUT2D eigenvalue weighted by Crippen LogP contribution is 2.29. The molecule has 2 aromatic rings. The molecule has 0 heterocycles. The van der Waals surface area contributed by atoms with Gasteiger partial charge in [0.1, 0.15) is 0 Å². The smallest absolute Gasteiger partial charge is 0.289 e. The van der Waals surface area contributed by atoms with Gasteiger partial charge in [-0.2, -0.15) is 13.2 Å². The van der Waals surface area contributed by atoms with E-state index in [0.717, 1.165) is 24.3 Å². The van der Waals surface area contributed by atoms with Crippen molar-refractivity contribution in [1.29, 1.82) is 0 Å². The molecule has 0 atom stereocenters. The highest BCUT2D eigenvalue weighted by molar-refractivity contribution is 6.07. The van der Waals surface area contributed by atoms with Crippen LogP contribution >= 0.6 is 0 Å². The van der Waals surface area contributed by atoms with Crippen LogP contribution in [0.2, 0.25) is 0 Å². The fourth-order valence-corrected chi connectivity index (χ4v) is 1.82. The highest BCUT2D eigenvalue weighted by Gasteiger charge is 2.29. The zero-order valence-electron chi connectivity index (χ0n) is 11.6. The molecule has 2 rings (SSSR count). The molecule has 0 aromatic heterocycles. The Hall–Kier alpha value is -2.96. The number of carbonyl (C=O) groups is 1. The normalized spacial score (nSPS) is 11.6. The Balaban J connectivity index is 2.15. The second kappa shape index (κ2) is 6.43. The van der Waals surface area contributed by atoms with Crippen LogP contribution in [0.25, 0.3) is 6.08 Å². The second-order valence-corrected chi connectivity index (χ2v) is 4.62. The van der Waals surface area contributed by atoms with Crippen molar-refractivity contribution in [3.05, 3.63) is 81.4 Å². The second-order valence-electron chi connectivity index (χ2n) is 4.62. The maximum atomic E-state index is 12.4. The predicted molar refractivity (Wildman–Crippen MR) is 77.9 cm³/mol. The molecule has 0 unspecified atom stereocenters. The molecule has 23 heavy (non-hydrogen) atoms. The van der Waals surface area contributed by atoms with Gasteiger partial charge in [-0.15, -0.1) is 0 Å². The average Bonchev–Trinajstić information content (AvgIpc) is 2.52. The van der Waals surface area contributed by atoms with E-state index in [0.29, 0.717) is 5.56 Å². The van der Waals surface area contributed by atoms with Crippen molar-refractivity contribution in [3.63, 3.8) is 0 Å². The van der Waals surface area contributed by atoms with Crippen LogP contribution in [-0.4, -0.2) is 10.7 Å². The van der Waals surface area contributed by atoms with Gasteiger partial charge in [0, 0.05) is 17.7 Å². The minimum atomic E-state index is -4.42. The Labute approximate surface area is 129 Å². The number of alkyl halides is 3. The molecule has 7 heteroatoms. The third-order valence-corrected chi connectivity index (χ3v) is 3.01. The minimum Gasteiger partial charge on any atom is -0.289 e. The number of nitro groups is 1. The van der Waals surface area contributed by atoms with Crippen LogP contribution in [0.5, 0.6) is 0 Å². The number of hydrogen-bond donors (Lipinski definition) is 0. The zero-order valence-corrected chi connectivity index (χ0v) is 11.6. The number of nitrogens with zero attached hydrogens (tertiary/aromatic N) is 1. The van der Waals surface area contributed by atoms with Crippen molar-refractivity contribution in [1.82, 2.24) is 0 Å². The van der Waals surface area contributed by atoms with Crippen LogP contribution in [-0.2, 0) is 6.18 Å². The maximum absolute atomic E-state index is 12.4. The number of hydrogen-bond acceptors (Lipinski definition) is 3. The third-order valence-electron chi connectivity index (χ3n) is 3.01. The molecule has 0 saturated carbocycles. The molecular formula is C16H10F3NO3. The van der Waals surface area contributed by atoms with Crippen LogP contribution in [0.1, 0.15) is 21.5 Å². The van der Waals surface area contributed by atoms with E-state index in [9.17, 15) is 28.1 Å². The summed E-state index contributed by atoms with van der Waals surface area (Å²) in [5, 5.41) is 10.7. The van der Waals surface area contributed by atoms with Gasteiger partial charge in [0.2, 0.25) is 0 Å². The molecule has 0 radical (unpaired) electrons. The van der Waals surface area contributed by atoms with Crippen molar-refractivity contribution >= 4 is 17.5 Å². The SMILES string of the molecule is O=C(C=Cc1ccc(C(F)(F)F)cc1)c1cccc([N+](=O)[O-])c1. The molecule has 4 nitrogen and oxygen atoms in total. The van der Waals surface area contributed by atoms with Gasteiger partial charge < -0.3 is 0 Å². The lowest BCUT2D eigenvalue weighted by Gasteiger charge is -2.05. The molecule has 2 aromatic carbocycles. The van der Waals surface area contributed by atoms with Gasteiger partial charge in [-0.1, -0.05) is 30.3 Å². The van der Waals surface area contributed by atoms with Crippen LogP contribution in [0, 0.1) is 10.1 Å². The van der Waals surface area contributed by atoms with Gasteiger partial charge >= 0.3 is 6.18 Å². The van der Waals surface area contributed by atoms with Crippen molar-refractivity contribution in [2.45, 2.75) is 6.18 Å². The van der Waals surface area contributed by atoms with E-state index >= 15 is 0 Å². The molecule has 0 bridgehead atoms. The van der Waals surface area contributed by atoms with Crippen molar-refractivity contribution < 1.29 is 22.9 Å². The number of nitro benzene ring substituents is 1. The number of rotatable bonds is 4. The Bertz CT molecular complexity index is 765. The fourth-order valence-electron chi connectivity index (χ4n) is 1.82. The summed E-state index contributed by atoms with van der Waals surface area (Å²) in [6.45, 7) is 0. The number of carbonyl (C=O) groups excluding carboxylic acids is 1. The van der Waals surface area contributed by atoms with Gasteiger partial charge in [-0.3, -0.25) is 14.9 Å². The van der Waals surface area contributed by atoms with Crippen molar-refractivity contribution in [3.8, 4) is 0 Å². The van der Waals surface area contributed by atoms with Gasteiger partial charge in [0.05, 0.1) is 10.5 Å². The summed E-state index contributed by atoms with van der Waals surface area (Å²) in [7, 11) is 0. The Kier molecular flexibility index (Phi) is 4.59. The van der Waals surface area contributed by atoms with Gasteiger partial charge in [0.25, 0.3) is 5.69 Å². The van der Waals surface area contributed by atoms with Crippen LogP contribution in [0.4, 0.5) is 18.9 Å². The minimum absolute atomic E-state index is 0.127. The van der Waals surface area contributed by atoms with Gasteiger partial charge in [-0.05, 0) is 23.8 Å². The van der Waals surface area contributed by atoms with E-state index in [2.05, 4.69) is 0 Å². The largest absolute Gasteiger partial charge is 0.416 e. The van der Waals surface area contributed by atoms with E-state index in [-0.39, 0.29) is 11.3 Å². The monoisotopic (exact) mass is 321 g/mol. The molecule has 0 aliphatic carbocycles. The Morgan fingerprint density at radius 3 is 2.30 bits per heavy atom. The predicted octanol–water partition coefficient (Wildman–Crippen LogP) is 4.51. The number of allylic oxidation sites excluding steroid dienone is 1. The third kappa shape index (κ3) is 4.26. The maximum Gasteiger partial charge on any atom is 0.416 e. The summed E-state index contributed by atoms with van der Waals surface area (Å²) < 4.78 is 37.3. The summed E-state index contributed by atoms with van der Waals surface area (Å²) in [6.07, 6.45) is -1.91. The molecule has 0 saturated heterocycles. The van der Waals surface area contributed by atoms with Crippen LogP contribution < -0.4 is 0 Å². The number of benzene rings is 2.